The number of amides is 1. The average molecular weight is 473 g/mol. The molecule has 0 radical (unpaired) electrons. The first-order chi connectivity index (χ1) is 17.1. The smallest absolute Gasteiger partial charge is 0.414 e. The number of carbonyl (C=O) groups excluding carboxylic acids is 1. The van der Waals surface area contributed by atoms with Gasteiger partial charge in [-0.25, -0.2) is 9.78 Å². The second kappa shape index (κ2) is 8.85. The van der Waals surface area contributed by atoms with E-state index in [2.05, 4.69) is 16.0 Å². The normalized spacial score (nSPS) is 18.3. The van der Waals surface area contributed by atoms with Crippen molar-refractivity contribution in [3.8, 4) is 0 Å². The zero-order valence-corrected chi connectivity index (χ0v) is 19.5. The van der Waals surface area contributed by atoms with E-state index in [1.54, 1.807) is 4.90 Å². The van der Waals surface area contributed by atoms with Crippen LogP contribution in [0.4, 0.5) is 16.4 Å². The number of para-hydroxylation sites is 1. The lowest BCUT2D eigenvalue weighted by atomic mass is 9.74. The van der Waals surface area contributed by atoms with Gasteiger partial charge in [0, 0.05) is 31.5 Å². The van der Waals surface area contributed by atoms with Crippen molar-refractivity contribution in [2.75, 3.05) is 36.0 Å². The third-order valence-electron chi connectivity index (χ3n) is 7.49. The number of anilines is 2. The minimum absolute atomic E-state index is 0.108. The van der Waals surface area contributed by atoms with Crippen LogP contribution in [0.25, 0.3) is 0 Å². The molecule has 180 valence electrons. The molecule has 0 saturated carbocycles. The highest BCUT2D eigenvalue weighted by Crippen LogP contribution is 2.47. The highest BCUT2D eigenvalue weighted by molar-refractivity contribution is 5.91. The van der Waals surface area contributed by atoms with Crippen LogP contribution in [0.2, 0.25) is 0 Å². The Kier molecular flexibility index (Phi) is 5.53. The summed E-state index contributed by atoms with van der Waals surface area (Å²) in [7, 11) is 0. The molecule has 2 aromatic carbocycles. The Labute approximate surface area is 203 Å². The summed E-state index contributed by atoms with van der Waals surface area (Å²) in [4.78, 5) is 37.3. The molecule has 0 atom stereocenters. The monoisotopic (exact) mass is 472 g/mol. The van der Waals surface area contributed by atoms with Gasteiger partial charge in [0.25, 0.3) is 5.56 Å². The molecule has 8 nitrogen and oxygen atoms in total. The summed E-state index contributed by atoms with van der Waals surface area (Å²) < 4.78 is 11.1. The molecule has 3 aliphatic heterocycles. The van der Waals surface area contributed by atoms with Crippen LogP contribution in [0.5, 0.6) is 0 Å². The predicted octanol–water partition coefficient (Wildman–Crippen LogP) is 3.54. The van der Waals surface area contributed by atoms with Crippen molar-refractivity contribution in [1.29, 1.82) is 0 Å². The van der Waals surface area contributed by atoms with Gasteiger partial charge in [0.05, 0.1) is 30.2 Å². The van der Waals surface area contributed by atoms with E-state index in [0.717, 1.165) is 42.9 Å². The van der Waals surface area contributed by atoms with E-state index in [4.69, 9.17) is 14.5 Å². The van der Waals surface area contributed by atoms with Crippen molar-refractivity contribution in [3.05, 3.63) is 87.3 Å². The second-order valence-electron chi connectivity index (χ2n) is 9.53. The number of rotatable bonds is 3. The van der Waals surface area contributed by atoms with E-state index in [9.17, 15) is 9.59 Å². The third kappa shape index (κ3) is 3.97. The average Bonchev–Trinajstić information content (AvgIpc) is 3.22. The lowest BCUT2D eigenvalue weighted by molar-refractivity contribution is 0.108. The summed E-state index contributed by atoms with van der Waals surface area (Å²) in [5.41, 5.74) is 4.33. The summed E-state index contributed by atoms with van der Waals surface area (Å²) in [5.74, 6) is 0.635. The maximum Gasteiger partial charge on any atom is 0.414 e. The van der Waals surface area contributed by atoms with Gasteiger partial charge in [-0.3, -0.25) is 14.7 Å². The number of piperidine rings is 1. The molecule has 0 bridgehead atoms. The van der Waals surface area contributed by atoms with Gasteiger partial charge in [-0.2, -0.15) is 0 Å². The number of nitrogens with one attached hydrogen (secondary N) is 1. The Morgan fingerprint density at radius 2 is 1.86 bits per heavy atom. The third-order valence-corrected chi connectivity index (χ3v) is 7.49. The van der Waals surface area contributed by atoms with Crippen molar-refractivity contribution in [2.45, 2.75) is 37.9 Å². The molecule has 1 fully saturated rings. The first-order valence-corrected chi connectivity index (χ1v) is 12.2. The molecule has 35 heavy (non-hydrogen) atoms. The van der Waals surface area contributed by atoms with Gasteiger partial charge in [0.2, 0.25) is 5.95 Å². The van der Waals surface area contributed by atoms with Crippen LogP contribution in [-0.2, 0) is 34.5 Å². The van der Waals surface area contributed by atoms with Crippen molar-refractivity contribution in [2.24, 2.45) is 0 Å². The van der Waals surface area contributed by atoms with Gasteiger partial charge in [-0.15, -0.1) is 0 Å². The number of aromatic amines is 1. The molecule has 1 N–H and O–H groups in total. The van der Waals surface area contributed by atoms with Crippen LogP contribution >= 0.6 is 0 Å². The molecule has 4 heterocycles. The molecule has 1 spiro atoms. The van der Waals surface area contributed by atoms with Gasteiger partial charge in [-0.1, -0.05) is 48.5 Å². The van der Waals surface area contributed by atoms with Gasteiger partial charge >= 0.3 is 6.09 Å². The first kappa shape index (κ1) is 21.9. The summed E-state index contributed by atoms with van der Waals surface area (Å²) in [6.07, 6.45) is 2.06. The van der Waals surface area contributed by atoms with Crippen molar-refractivity contribution in [3.63, 3.8) is 0 Å². The van der Waals surface area contributed by atoms with Crippen molar-refractivity contribution < 1.29 is 14.3 Å². The minimum Gasteiger partial charge on any atom is -0.444 e. The van der Waals surface area contributed by atoms with Crippen LogP contribution in [0, 0.1) is 0 Å². The SMILES string of the molecule is O=C(OCc1ccccc1)N1CC2(CCN(c3nc4c(c(=O)[nH]3)COCC4)CC2)c2ccccc21. The van der Waals surface area contributed by atoms with Crippen LogP contribution in [0.15, 0.2) is 59.4 Å². The number of hydrogen-bond acceptors (Lipinski definition) is 6. The fourth-order valence-electron chi connectivity index (χ4n) is 5.54. The zero-order valence-electron chi connectivity index (χ0n) is 19.5. The van der Waals surface area contributed by atoms with Gasteiger partial charge in [-0.05, 0) is 30.0 Å². The molecular formula is C27H28N4O4. The number of carbonyl (C=O) groups is 1. The lowest BCUT2D eigenvalue weighted by Gasteiger charge is -2.40. The fourth-order valence-corrected chi connectivity index (χ4v) is 5.54. The van der Waals surface area contributed by atoms with Gasteiger partial charge < -0.3 is 14.4 Å². The Morgan fingerprint density at radius 3 is 2.69 bits per heavy atom. The van der Waals surface area contributed by atoms with Crippen LogP contribution in [-0.4, -0.2) is 42.3 Å². The summed E-state index contributed by atoms with van der Waals surface area (Å²) in [6, 6.07) is 17.9. The van der Waals surface area contributed by atoms with Crippen LogP contribution in [0.3, 0.4) is 0 Å². The van der Waals surface area contributed by atoms with E-state index in [1.165, 1.54) is 5.56 Å². The van der Waals surface area contributed by atoms with Gasteiger partial charge in [0.1, 0.15) is 6.61 Å². The van der Waals surface area contributed by atoms with E-state index >= 15 is 0 Å². The number of ether oxygens (including phenoxy) is 2. The van der Waals surface area contributed by atoms with E-state index in [1.807, 2.05) is 48.5 Å². The topological polar surface area (TPSA) is 87.8 Å². The Balaban J connectivity index is 1.19. The first-order valence-electron chi connectivity index (χ1n) is 12.2. The standard InChI is InChI=1S/C27H28N4O4/c32-24-20-17-34-15-10-22(20)28-25(29-24)30-13-11-27(12-14-30)18-31(23-9-5-4-8-21(23)27)26(33)35-16-19-6-2-1-3-7-19/h1-9H,10-18H2,(H,28,29,32). The molecule has 6 rings (SSSR count). The van der Waals surface area contributed by atoms with Crippen molar-refractivity contribution in [1.82, 2.24) is 9.97 Å². The molecule has 1 amide bonds. The second-order valence-corrected chi connectivity index (χ2v) is 9.53. The summed E-state index contributed by atoms with van der Waals surface area (Å²) in [5, 5.41) is 0. The number of aromatic nitrogens is 2. The fraction of sp³-hybridized carbons (Fsp3) is 0.370. The van der Waals surface area contributed by atoms with E-state index < -0.39 is 0 Å². The van der Waals surface area contributed by atoms with E-state index in [-0.39, 0.29) is 23.7 Å². The Hall–Kier alpha value is -3.65. The van der Waals surface area contributed by atoms with Gasteiger partial charge in [0.15, 0.2) is 0 Å². The molecule has 3 aromatic rings. The number of hydrogen-bond donors (Lipinski definition) is 1. The molecule has 0 unspecified atom stereocenters. The number of H-pyrrole nitrogens is 1. The zero-order chi connectivity index (χ0) is 23.8. The maximum absolute atomic E-state index is 13.1. The largest absolute Gasteiger partial charge is 0.444 e. The molecule has 1 aromatic heterocycles. The molecule has 8 heteroatoms. The predicted molar refractivity (Wildman–Crippen MR) is 132 cm³/mol. The Bertz CT molecular complexity index is 1300. The number of nitrogens with zero attached hydrogens (tertiary/aromatic N) is 3. The molecule has 1 saturated heterocycles. The lowest BCUT2D eigenvalue weighted by Crippen LogP contribution is -2.47. The highest BCUT2D eigenvalue weighted by atomic mass is 16.6. The quantitative estimate of drug-likeness (QED) is 0.628. The Morgan fingerprint density at radius 1 is 1.09 bits per heavy atom. The van der Waals surface area contributed by atoms with Crippen LogP contribution < -0.4 is 15.4 Å². The minimum atomic E-state index is -0.316. The summed E-state index contributed by atoms with van der Waals surface area (Å²) in [6.45, 7) is 3.27. The highest BCUT2D eigenvalue weighted by Gasteiger charge is 2.47. The molecule has 3 aliphatic rings. The maximum atomic E-state index is 13.1. The number of benzene rings is 2. The summed E-state index contributed by atoms with van der Waals surface area (Å²) >= 11 is 0. The molecule has 0 aliphatic carbocycles. The van der Waals surface area contributed by atoms with E-state index in [0.29, 0.717) is 37.7 Å². The van der Waals surface area contributed by atoms with Crippen LogP contribution in [0.1, 0.15) is 35.2 Å². The molecular weight excluding hydrogens is 444 g/mol. The number of fused-ring (bicyclic) bond motifs is 3. The van der Waals surface area contributed by atoms with Crippen molar-refractivity contribution >= 4 is 17.7 Å².